The Balaban J connectivity index is 2.63. The summed E-state index contributed by atoms with van der Waals surface area (Å²) in [5.41, 5.74) is 2.22. The van der Waals surface area contributed by atoms with Gasteiger partial charge in [-0.2, -0.15) is 0 Å². The fourth-order valence-electron chi connectivity index (χ4n) is 1.74. The van der Waals surface area contributed by atoms with Crippen LogP contribution in [0, 0.1) is 0 Å². The molecule has 0 bridgehead atoms. The molecule has 0 amide bonds. The number of hydrogen-bond acceptors (Lipinski definition) is 2. The lowest BCUT2D eigenvalue weighted by atomic mass is 9.78. The minimum absolute atomic E-state index is 0.0520. The Labute approximate surface area is 86.8 Å². The summed E-state index contributed by atoms with van der Waals surface area (Å²) in [6, 6.07) is 0. The molecular formula is C11H19BO2. The zero-order valence-corrected chi connectivity index (χ0v) is 9.12. The van der Waals surface area contributed by atoms with Gasteiger partial charge in [-0.1, -0.05) is 38.0 Å². The molecule has 0 radical (unpaired) electrons. The van der Waals surface area contributed by atoms with Gasteiger partial charge in [-0.3, -0.25) is 0 Å². The van der Waals surface area contributed by atoms with Crippen LogP contribution in [-0.4, -0.2) is 18.2 Å². The molecule has 0 saturated carbocycles. The fraction of sp³-hybridized carbons (Fsp3) is 0.636. The third-order valence-corrected chi connectivity index (χ3v) is 2.52. The number of allylic oxidation sites excluding steroid dienone is 1. The average molecular weight is 194 g/mol. The van der Waals surface area contributed by atoms with Gasteiger partial charge < -0.3 is 9.68 Å². The van der Waals surface area contributed by atoms with E-state index in [0.717, 1.165) is 24.8 Å². The van der Waals surface area contributed by atoms with E-state index in [4.69, 9.17) is 4.65 Å². The molecule has 14 heavy (non-hydrogen) atoms. The Morgan fingerprint density at radius 1 is 1.79 bits per heavy atom. The highest BCUT2D eigenvalue weighted by Gasteiger charge is 2.26. The second-order valence-corrected chi connectivity index (χ2v) is 3.90. The molecule has 78 valence electrons. The van der Waals surface area contributed by atoms with Crippen molar-refractivity contribution in [2.24, 2.45) is 0 Å². The highest BCUT2D eigenvalue weighted by atomic mass is 16.5. The van der Waals surface area contributed by atoms with E-state index in [9.17, 15) is 5.02 Å². The zero-order chi connectivity index (χ0) is 10.6. The highest BCUT2D eigenvalue weighted by Crippen LogP contribution is 2.25. The first kappa shape index (κ1) is 11.5. The van der Waals surface area contributed by atoms with E-state index in [2.05, 4.69) is 19.6 Å². The van der Waals surface area contributed by atoms with Crippen molar-refractivity contribution in [1.29, 1.82) is 0 Å². The molecule has 0 aromatic carbocycles. The van der Waals surface area contributed by atoms with Crippen molar-refractivity contribution < 1.29 is 9.68 Å². The predicted molar refractivity (Wildman–Crippen MR) is 60.1 cm³/mol. The van der Waals surface area contributed by atoms with E-state index in [1.54, 1.807) is 0 Å². The largest absolute Gasteiger partial charge is 0.458 e. The van der Waals surface area contributed by atoms with Crippen LogP contribution in [0.5, 0.6) is 0 Å². The molecule has 1 atom stereocenters. The summed E-state index contributed by atoms with van der Waals surface area (Å²) in [6.07, 6.45) is 5.95. The molecular weight excluding hydrogens is 175 g/mol. The number of rotatable bonds is 4. The van der Waals surface area contributed by atoms with Gasteiger partial charge in [0, 0.05) is 6.32 Å². The minimum atomic E-state index is -0.625. The molecule has 1 N–H and O–H groups in total. The number of hydrogen-bond donors (Lipinski definition) is 1. The zero-order valence-electron chi connectivity index (χ0n) is 9.12. The van der Waals surface area contributed by atoms with Gasteiger partial charge in [-0.15, -0.1) is 0 Å². The van der Waals surface area contributed by atoms with Crippen LogP contribution in [-0.2, 0) is 4.65 Å². The molecule has 0 aromatic rings. The molecule has 0 spiro atoms. The van der Waals surface area contributed by atoms with Gasteiger partial charge in [-0.25, -0.2) is 0 Å². The SMILES string of the molecule is C=C(C)C1=CCB(O)OC1CCCC. The third kappa shape index (κ3) is 3.00. The van der Waals surface area contributed by atoms with Crippen LogP contribution < -0.4 is 0 Å². The van der Waals surface area contributed by atoms with E-state index in [-0.39, 0.29) is 6.10 Å². The van der Waals surface area contributed by atoms with E-state index in [0.29, 0.717) is 6.32 Å². The Bertz CT molecular complexity index is 235. The number of unbranched alkanes of at least 4 members (excludes halogenated alkanes) is 1. The first-order valence-electron chi connectivity index (χ1n) is 5.34. The van der Waals surface area contributed by atoms with Crippen LogP contribution in [0.1, 0.15) is 33.1 Å². The van der Waals surface area contributed by atoms with Crippen LogP contribution in [0.4, 0.5) is 0 Å². The standard InChI is InChI=1S/C11H19BO2/c1-4-5-6-11-10(9(2)3)7-8-12(13)14-11/h7,11,13H,2,4-6,8H2,1,3H3. The highest BCUT2D eigenvalue weighted by molar-refractivity contribution is 6.43. The lowest BCUT2D eigenvalue weighted by Crippen LogP contribution is -2.31. The lowest BCUT2D eigenvalue weighted by Gasteiger charge is -2.27. The Morgan fingerprint density at radius 3 is 3.07 bits per heavy atom. The molecule has 1 aliphatic heterocycles. The van der Waals surface area contributed by atoms with Crippen molar-refractivity contribution in [3.05, 3.63) is 23.8 Å². The second-order valence-electron chi connectivity index (χ2n) is 3.90. The van der Waals surface area contributed by atoms with Crippen LogP contribution in [0.3, 0.4) is 0 Å². The summed E-state index contributed by atoms with van der Waals surface area (Å²) in [7, 11) is -0.625. The van der Waals surface area contributed by atoms with Gasteiger partial charge >= 0.3 is 7.12 Å². The van der Waals surface area contributed by atoms with Gasteiger partial charge in [0.15, 0.2) is 0 Å². The van der Waals surface area contributed by atoms with Crippen molar-refractivity contribution >= 4 is 7.12 Å². The Kier molecular flexibility index (Phi) is 4.43. The van der Waals surface area contributed by atoms with E-state index >= 15 is 0 Å². The molecule has 3 heteroatoms. The normalized spacial score (nSPS) is 22.1. The van der Waals surface area contributed by atoms with Crippen LogP contribution in [0.25, 0.3) is 0 Å². The summed E-state index contributed by atoms with van der Waals surface area (Å²) in [5.74, 6) is 0. The van der Waals surface area contributed by atoms with Crippen molar-refractivity contribution in [3.8, 4) is 0 Å². The quantitative estimate of drug-likeness (QED) is 0.697. The van der Waals surface area contributed by atoms with Gasteiger partial charge in [0.1, 0.15) is 0 Å². The average Bonchev–Trinajstić information content (AvgIpc) is 2.14. The minimum Gasteiger partial charge on any atom is -0.427 e. The lowest BCUT2D eigenvalue weighted by molar-refractivity contribution is 0.180. The Morgan fingerprint density at radius 2 is 2.50 bits per heavy atom. The monoisotopic (exact) mass is 194 g/mol. The fourth-order valence-corrected chi connectivity index (χ4v) is 1.74. The first-order chi connectivity index (χ1) is 6.65. The van der Waals surface area contributed by atoms with Gasteiger partial charge in [0.2, 0.25) is 0 Å². The molecule has 0 aromatic heterocycles. The smallest absolute Gasteiger partial charge is 0.427 e. The molecule has 1 rings (SSSR count). The Hall–Kier alpha value is -0.535. The van der Waals surface area contributed by atoms with Crippen molar-refractivity contribution in [1.82, 2.24) is 0 Å². The summed E-state index contributed by atoms with van der Waals surface area (Å²) >= 11 is 0. The van der Waals surface area contributed by atoms with E-state index < -0.39 is 7.12 Å². The van der Waals surface area contributed by atoms with Gasteiger partial charge in [-0.05, 0) is 18.9 Å². The third-order valence-electron chi connectivity index (χ3n) is 2.52. The molecule has 1 heterocycles. The summed E-state index contributed by atoms with van der Waals surface area (Å²) in [6.45, 7) is 8.08. The topological polar surface area (TPSA) is 29.5 Å². The molecule has 2 nitrogen and oxygen atoms in total. The summed E-state index contributed by atoms with van der Waals surface area (Å²) in [5, 5.41) is 9.38. The molecule has 1 aliphatic rings. The van der Waals surface area contributed by atoms with Crippen molar-refractivity contribution in [2.45, 2.75) is 45.5 Å². The maximum Gasteiger partial charge on any atom is 0.458 e. The molecule has 0 fully saturated rings. The van der Waals surface area contributed by atoms with Gasteiger partial charge in [0.05, 0.1) is 6.10 Å². The summed E-state index contributed by atoms with van der Waals surface area (Å²) in [4.78, 5) is 0. The molecule has 1 unspecified atom stereocenters. The predicted octanol–water partition coefficient (Wildman–Crippen LogP) is 2.56. The molecule has 0 saturated heterocycles. The van der Waals surface area contributed by atoms with Crippen LogP contribution >= 0.6 is 0 Å². The second kappa shape index (κ2) is 5.37. The maximum atomic E-state index is 9.38. The van der Waals surface area contributed by atoms with Crippen molar-refractivity contribution in [3.63, 3.8) is 0 Å². The summed E-state index contributed by atoms with van der Waals surface area (Å²) < 4.78 is 5.49. The van der Waals surface area contributed by atoms with Crippen molar-refractivity contribution in [2.75, 3.05) is 0 Å². The van der Waals surface area contributed by atoms with Gasteiger partial charge in [0.25, 0.3) is 0 Å². The van der Waals surface area contributed by atoms with E-state index in [1.165, 1.54) is 5.57 Å². The van der Waals surface area contributed by atoms with E-state index in [1.807, 2.05) is 6.92 Å². The van der Waals surface area contributed by atoms with Crippen LogP contribution in [0.15, 0.2) is 23.8 Å². The molecule has 0 aliphatic carbocycles. The maximum absolute atomic E-state index is 9.38. The first-order valence-corrected chi connectivity index (χ1v) is 5.34. The van der Waals surface area contributed by atoms with Crippen LogP contribution in [0.2, 0.25) is 6.32 Å².